The summed E-state index contributed by atoms with van der Waals surface area (Å²) in [6.07, 6.45) is 3.78. The minimum Gasteiger partial charge on any atom is -0.494 e. The van der Waals surface area contributed by atoms with E-state index in [1.54, 1.807) is 33.5 Å². The summed E-state index contributed by atoms with van der Waals surface area (Å²) in [4.78, 5) is 56.7. The first-order valence-electron chi connectivity index (χ1n) is 20.5. The van der Waals surface area contributed by atoms with E-state index in [9.17, 15) is 19.5 Å². The molecule has 0 spiro atoms. The van der Waals surface area contributed by atoms with E-state index in [0.29, 0.717) is 93.9 Å². The topological polar surface area (TPSA) is 245 Å². The molecule has 5 heterocycles. The first kappa shape index (κ1) is 43.9. The molecule has 62 heavy (non-hydrogen) atoms. The van der Waals surface area contributed by atoms with Gasteiger partial charge in [-0.15, -0.1) is 11.3 Å². The summed E-state index contributed by atoms with van der Waals surface area (Å²) in [5.74, 6) is -0.223. The molecule has 1 atom stereocenters. The number of carbonyl (C=O) groups excluding carboxylic acids is 3. The molecule has 20 heteroatoms. The molecule has 6 aromatic rings. The van der Waals surface area contributed by atoms with Crippen LogP contribution in [0, 0.1) is 13.8 Å². The zero-order valence-corrected chi connectivity index (χ0v) is 36.3. The van der Waals surface area contributed by atoms with E-state index < -0.39 is 18.0 Å². The van der Waals surface area contributed by atoms with Crippen LogP contribution in [0.15, 0.2) is 42.5 Å². The van der Waals surface area contributed by atoms with Crippen molar-refractivity contribution in [3.8, 4) is 11.5 Å². The van der Waals surface area contributed by atoms with Crippen molar-refractivity contribution in [3.05, 3.63) is 80.6 Å². The van der Waals surface area contributed by atoms with Crippen molar-refractivity contribution in [2.24, 2.45) is 11.5 Å². The Hall–Kier alpha value is -6.19. The van der Waals surface area contributed by atoms with Crippen LogP contribution in [0.5, 0.6) is 11.5 Å². The van der Waals surface area contributed by atoms with Crippen molar-refractivity contribution in [1.29, 1.82) is 0 Å². The second-order valence-corrected chi connectivity index (χ2v) is 15.9. The predicted octanol–water partition coefficient (Wildman–Crippen LogP) is 4.16. The van der Waals surface area contributed by atoms with Gasteiger partial charge in [0.25, 0.3) is 11.8 Å². The molecule has 7 rings (SSSR count). The Morgan fingerprint density at radius 3 is 2.23 bits per heavy atom. The van der Waals surface area contributed by atoms with Crippen molar-refractivity contribution in [2.75, 3.05) is 57.2 Å². The Kier molecular flexibility index (Phi) is 13.6. The first-order chi connectivity index (χ1) is 29.9. The quantitative estimate of drug-likeness (QED) is 0.0464. The van der Waals surface area contributed by atoms with Gasteiger partial charge in [-0.05, 0) is 63.9 Å². The summed E-state index contributed by atoms with van der Waals surface area (Å²) in [5.41, 5.74) is 15.9. The van der Waals surface area contributed by atoms with Crippen molar-refractivity contribution in [3.63, 3.8) is 0 Å². The lowest BCUT2D eigenvalue weighted by molar-refractivity contribution is 0.0358. The lowest BCUT2D eigenvalue weighted by Gasteiger charge is -2.26. The number of amides is 3. The van der Waals surface area contributed by atoms with Crippen LogP contribution in [0.2, 0.25) is 0 Å². The van der Waals surface area contributed by atoms with Gasteiger partial charge in [-0.2, -0.15) is 5.10 Å². The maximum Gasteiger partial charge on any atom is 0.276 e. The lowest BCUT2D eigenvalue weighted by Crippen LogP contribution is -2.37. The fourth-order valence-corrected chi connectivity index (χ4v) is 8.34. The van der Waals surface area contributed by atoms with Gasteiger partial charge in [0, 0.05) is 50.4 Å². The van der Waals surface area contributed by atoms with Crippen LogP contribution in [0.3, 0.4) is 0 Å². The average molecular weight is 869 g/mol. The highest BCUT2D eigenvalue weighted by Gasteiger charge is 2.24. The van der Waals surface area contributed by atoms with Crippen molar-refractivity contribution in [1.82, 2.24) is 38.8 Å². The number of carbonyl (C=O) groups is 3. The second-order valence-electron chi connectivity index (χ2n) is 14.7. The number of allylic oxidation sites excluding steroid dienone is 2. The number of aliphatic hydroxyl groups excluding tert-OH is 1. The largest absolute Gasteiger partial charge is 0.494 e. The third-order valence-corrected chi connectivity index (χ3v) is 11.4. The van der Waals surface area contributed by atoms with Crippen LogP contribution in [0.4, 0.5) is 11.9 Å². The van der Waals surface area contributed by atoms with Crippen molar-refractivity contribution < 1.29 is 33.7 Å². The zero-order valence-electron chi connectivity index (χ0n) is 35.4. The number of benzene rings is 2. The van der Waals surface area contributed by atoms with Gasteiger partial charge in [-0.1, -0.05) is 19.1 Å². The number of imidazole rings is 2. The summed E-state index contributed by atoms with van der Waals surface area (Å²) in [6.45, 7) is 12.7. The number of anilines is 2. The van der Waals surface area contributed by atoms with E-state index in [0.717, 1.165) is 31.1 Å². The van der Waals surface area contributed by atoms with E-state index in [1.165, 1.54) is 24.5 Å². The average Bonchev–Trinajstić information content (AvgIpc) is 4.03. The van der Waals surface area contributed by atoms with E-state index >= 15 is 0 Å². The molecule has 4 aromatic heterocycles. The third-order valence-electron chi connectivity index (χ3n) is 10.4. The first-order valence-corrected chi connectivity index (χ1v) is 21.3. The fraction of sp³-hybridized carbons (Fsp3) is 0.405. The maximum atomic E-state index is 13.9. The Morgan fingerprint density at radius 2 is 1.60 bits per heavy atom. The number of morpholine rings is 1. The number of fused-ring (bicyclic) bond motifs is 2. The minimum absolute atomic E-state index is 0.188. The molecule has 0 saturated carbocycles. The fourth-order valence-electron chi connectivity index (χ4n) is 7.44. The molecule has 1 unspecified atom stereocenters. The number of primary amides is 1. The molecule has 1 saturated heterocycles. The van der Waals surface area contributed by atoms with E-state index in [-0.39, 0.29) is 36.5 Å². The number of methoxy groups -OCH3 is 1. The molecule has 1 aliphatic rings. The molecule has 3 amide bonds. The lowest BCUT2D eigenvalue weighted by atomic mass is 10.1. The summed E-state index contributed by atoms with van der Waals surface area (Å²) in [5, 5.41) is 21.6. The highest BCUT2D eigenvalue weighted by atomic mass is 32.1. The summed E-state index contributed by atoms with van der Waals surface area (Å²) in [6, 6.07) is 8.15. The molecule has 0 radical (unpaired) electrons. The zero-order chi connectivity index (χ0) is 44.1. The predicted molar refractivity (Wildman–Crippen MR) is 235 cm³/mol. The van der Waals surface area contributed by atoms with E-state index in [1.807, 2.05) is 44.4 Å². The monoisotopic (exact) mass is 868 g/mol. The molecule has 328 valence electrons. The number of hydrogen-bond acceptors (Lipinski definition) is 14. The van der Waals surface area contributed by atoms with Gasteiger partial charge in [-0.3, -0.25) is 34.6 Å². The molecule has 7 N–H and O–H groups in total. The van der Waals surface area contributed by atoms with Gasteiger partial charge >= 0.3 is 0 Å². The van der Waals surface area contributed by atoms with E-state index in [2.05, 4.69) is 25.6 Å². The van der Waals surface area contributed by atoms with Crippen LogP contribution in [-0.4, -0.2) is 108 Å². The van der Waals surface area contributed by atoms with Crippen LogP contribution >= 0.6 is 11.3 Å². The van der Waals surface area contributed by atoms with Crippen LogP contribution in [-0.2, 0) is 30.8 Å². The van der Waals surface area contributed by atoms with Crippen LogP contribution in [0.1, 0.15) is 79.0 Å². The Morgan fingerprint density at radius 1 is 0.935 bits per heavy atom. The number of aliphatic hydroxyl groups is 1. The summed E-state index contributed by atoms with van der Waals surface area (Å²) < 4.78 is 22.8. The van der Waals surface area contributed by atoms with Crippen molar-refractivity contribution >= 4 is 63.0 Å². The van der Waals surface area contributed by atoms with Gasteiger partial charge in [0.2, 0.25) is 17.8 Å². The molecule has 0 aliphatic carbocycles. The summed E-state index contributed by atoms with van der Waals surface area (Å²) in [7, 11) is 1.47. The van der Waals surface area contributed by atoms with Crippen molar-refractivity contribution in [2.45, 2.75) is 66.4 Å². The normalized spacial score (nSPS) is 13.9. The number of nitrogens with zero attached hydrogens (tertiary/aromatic N) is 8. The molecular weight excluding hydrogens is 817 g/mol. The smallest absolute Gasteiger partial charge is 0.276 e. The number of ether oxygens (including phenoxy) is 3. The van der Waals surface area contributed by atoms with Gasteiger partial charge in [0.15, 0.2) is 0 Å². The number of rotatable bonds is 18. The van der Waals surface area contributed by atoms with Gasteiger partial charge in [0.1, 0.15) is 39.3 Å². The van der Waals surface area contributed by atoms with Crippen LogP contribution < -0.4 is 31.6 Å². The Balaban J connectivity index is 1.25. The number of aromatic nitrogens is 7. The molecule has 0 bridgehead atoms. The summed E-state index contributed by atoms with van der Waals surface area (Å²) >= 11 is 1.31. The number of thiazole rings is 1. The SMILES string of the molecule is CCc1nc(C)sc1C(=O)Nc1nc2cc(C(N)O)cc(OCCCN3CCOCC3)c2n1C/C=C/Cn1c(NC(=O)c2cc(C)nn2CC)nc2cc(C(N)=O)cc(OC)c21. The number of hydrogen-bond donors (Lipinski definition) is 5. The molecule has 1 fully saturated rings. The minimum atomic E-state index is -1.30. The number of aryl methyl sites for hydroxylation is 4. The van der Waals surface area contributed by atoms with Gasteiger partial charge < -0.3 is 39.9 Å². The highest BCUT2D eigenvalue weighted by Crippen LogP contribution is 2.34. The maximum absolute atomic E-state index is 13.9. The third kappa shape index (κ3) is 9.48. The second kappa shape index (κ2) is 19.2. The molecule has 19 nitrogen and oxygen atoms in total. The van der Waals surface area contributed by atoms with Crippen LogP contribution in [0.25, 0.3) is 22.1 Å². The highest BCUT2D eigenvalue weighted by molar-refractivity contribution is 7.13. The van der Waals surface area contributed by atoms with Gasteiger partial charge in [-0.25, -0.2) is 15.0 Å². The Bertz CT molecular complexity index is 2640. The van der Waals surface area contributed by atoms with E-state index in [4.69, 9.17) is 35.6 Å². The molecule has 1 aliphatic heterocycles. The number of nitrogens with two attached hydrogens (primary N) is 2. The standard InChI is InChI=1S/C42H52N12O7S/c1-6-28-36(62-25(4)45-28)40(58)49-42-47-30-21-27(38(44)56)23-33(61-16-10-11-51-14-17-60-18-15-51)35(30)53(42)13-9-8-12-52-34-29(20-26(37(43)55)22-32(34)59-5)46-41(52)48-39(57)31-19-24(3)50-54(31)7-2/h8-9,19-23,38,56H,6-7,10-18,44H2,1-5H3,(H2,43,55)(H,46,48,57)(H,47,49,58)/b9-8+. The molecular formula is C42H52N12O7S. The Labute approximate surface area is 361 Å². The van der Waals surface area contributed by atoms with Gasteiger partial charge in [0.05, 0.1) is 54.4 Å². The molecule has 2 aromatic carbocycles. The number of nitrogens with one attached hydrogen (secondary N) is 2.